The fourth-order valence-corrected chi connectivity index (χ4v) is 6.78. The molecule has 0 spiro atoms. The molecule has 0 aliphatic carbocycles. The zero-order valence-electron chi connectivity index (χ0n) is 39.9. The fraction of sp³-hybridized carbons (Fsp3) is 0.727. The summed E-state index contributed by atoms with van der Waals surface area (Å²) in [6.45, 7) is 6.51. The molecule has 6 heteroatoms. The number of hydrogen-bond donors (Lipinski definition) is 0. The van der Waals surface area contributed by atoms with Crippen molar-refractivity contribution in [3.05, 3.63) is 72.9 Å². The molecule has 61 heavy (non-hydrogen) atoms. The molecule has 0 unspecified atom stereocenters. The molecule has 0 N–H and O–H groups in total. The standard InChI is InChI=1S/C55H94O6/c1-4-7-10-13-16-19-22-25-26-27-28-31-33-36-39-42-45-48-54(57)60-51-52(61-55(58)49-46-43-40-37-34-30-24-21-18-15-12-9-6-3)50-59-53(56)47-44-41-38-35-32-29-23-20-17-14-11-8-5-2/h16,19-21,23-26,28,31,36,39,52H,4-15,17-18,22,27,29-30,32-35,37-38,40-51H2,1-3H3/t52-/m1/s1. The lowest BCUT2D eigenvalue weighted by atomic mass is 10.1. The second kappa shape index (κ2) is 49.5. The van der Waals surface area contributed by atoms with E-state index in [2.05, 4.69) is 93.7 Å². The topological polar surface area (TPSA) is 78.9 Å². The zero-order valence-corrected chi connectivity index (χ0v) is 39.9. The third-order valence-electron chi connectivity index (χ3n) is 10.7. The number of esters is 3. The Bertz CT molecular complexity index is 1160. The third-order valence-corrected chi connectivity index (χ3v) is 10.7. The van der Waals surface area contributed by atoms with Gasteiger partial charge < -0.3 is 14.2 Å². The molecule has 0 radical (unpaired) electrons. The van der Waals surface area contributed by atoms with Gasteiger partial charge in [-0.05, 0) is 109 Å². The summed E-state index contributed by atoms with van der Waals surface area (Å²) in [4.78, 5) is 37.9. The first-order valence-electron chi connectivity index (χ1n) is 25.4. The van der Waals surface area contributed by atoms with Crippen LogP contribution < -0.4 is 0 Å². The molecule has 0 amide bonds. The number of carbonyl (C=O) groups is 3. The lowest BCUT2D eigenvalue weighted by molar-refractivity contribution is -0.167. The SMILES string of the molecule is CCCCCC=CCC=CCC=CCC=CCCCC(=O)OC[C@@H](COC(=O)CCCCCCCC=CCCCCCC)OC(=O)CCCCCCCC=CCCCCCC. The monoisotopic (exact) mass is 851 g/mol. The highest BCUT2D eigenvalue weighted by Crippen LogP contribution is 2.13. The van der Waals surface area contributed by atoms with E-state index < -0.39 is 6.10 Å². The molecule has 0 fully saturated rings. The second-order valence-corrected chi connectivity index (χ2v) is 16.7. The Hall–Kier alpha value is -3.15. The van der Waals surface area contributed by atoms with Gasteiger partial charge in [-0.2, -0.15) is 0 Å². The predicted octanol–water partition coefficient (Wildman–Crippen LogP) is 16.6. The minimum absolute atomic E-state index is 0.100. The van der Waals surface area contributed by atoms with Crippen LogP contribution in [0.4, 0.5) is 0 Å². The van der Waals surface area contributed by atoms with Gasteiger partial charge in [-0.1, -0.05) is 184 Å². The average Bonchev–Trinajstić information content (AvgIpc) is 3.26. The van der Waals surface area contributed by atoms with E-state index in [0.717, 1.165) is 83.5 Å². The highest BCUT2D eigenvalue weighted by atomic mass is 16.6. The molecule has 0 aromatic rings. The van der Waals surface area contributed by atoms with E-state index in [1.165, 1.54) is 109 Å². The smallest absolute Gasteiger partial charge is 0.306 e. The molecule has 6 nitrogen and oxygen atoms in total. The van der Waals surface area contributed by atoms with Gasteiger partial charge in [0.15, 0.2) is 6.10 Å². The maximum Gasteiger partial charge on any atom is 0.306 e. The first kappa shape index (κ1) is 57.9. The number of allylic oxidation sites excluding steroid dienone is 12. The second-order valence-electron chi connectivity index (χ2n) is 16.7. The van der Waals surface area contributed by atoms with Gasteiger partial charge >= 0.3 is 17.9 Å². The molecule has 0 saturated carbocycles. The van der Waals surface area contributed by atoms with E-state index in [1.54, 1.807) is 0 Å². The summed E-state index contributed by atoms with van der Waals surface area (Å²) >= 11 is 0. The van der Waals surface area contributed by atoms with Crippen LogP contribution in [0.3, 0.4) is 0 Å². The molecular formula is C55H94O6. The van der Waals surface area contributed by atoms with Crippen molar-refractivity contribution in [2.45, 2.75) is 245 Å². The molecular weight excluding hydrogens is 757 g/mol. The lowest BCUT2D eigenvalue weighted by Crippen LogP contribution is -2.30. The molecule has 0 aliphatic heterocycles. The maximum absolute atomic E-state index is 12.8. The quantitative estimate of drug-likeness (QED) is 0.0263. The highest BCUT2D eigenvalue weighted by molar-refractivity contribution is 5.71. The van der Waals surface area contributed by atoms with Gasteiger partial charge in [0.25, 0.3) is 0 Å². The van der Waals surface area contributed by atoms with Gasteiger partial charge in [0, 0.05) is 19.3 Å². The van der Waals surface area contributed by atoms with E-state index in [-0.39, 0.29) is 37.5 Å². The van der Waals surface area contributed by atoms with Crippen LogP contribution in [0, 0.1) is 0 Å². The number of rotatable bonds is 45. The minimum atomic E-state index is -0.803. The van der Waals surface area contributed by atoms with Crippen LogP contribution in [0.2, 0.25) is 0 Å². The van der Waals surface area contributed by atoms with Crippen molar-refractivity contribution in [1.29, 1.82) is 0 Å². The Morgan fingerprint density at radius 3 is 1.03 bits per heavy atom. The van der Waals surface area contributed by atoms with Crippen LogP contribution in [-0.4, -0.2) is 37.2 Å². The van der Waals surface area contributed by atoms with Crippen molar-refractivity contribution in [3.63, 3.8) is 0 Å². The molecule has 0 bridgehead atoms. The van der Waals surface area contributed by atoms with Crippen LogP contribution >= 0.6 is 0 Å². The molecule has 0 saturated heterocycles. The van der Waals surface area contributed by atoms with Gasteiger partial charge in [0.1, 0.15) is 13.2 Å². The Morgan fingerprint density at radius 1 is 0.328 bits per heavy atom. The minimum Gasteiger partial charge on any atom is -0.462 e. The van der Waals surface area contributed by atoms with Crippen LogP contribution in [-0.2, 0) is 28.6 Å². The Balaban J connectivity index is 4.49. The average molecular weight is 851 g/mol. The van der Waals surface area contributed by atoms with Crippen molar-refractivity contribution in [3.8, 4) is 0 Å². The fourth-order valence-electron chi connectivity index (χ4n) is 6.78. The van der Waals surface area contributed by atoms with E-state index in [9.17, 15) is 14.4 Å². The van der Waals surface area contributed by atoms with E-state index in [4.69, 9.17) is 14.2 Å². The van der Waals surface area contributed by atoms with Gasteiger partial charge in [-0.25, -0.2) is 0 Å². The van der Waals surface area contributed by atoms with Crippen molar-refractivity contribution < 1.29 is 28.6 Å². The number of ether oxygens (including phenoxy) is 3. The summed E-state index contributed by atoms with van der Waals surface area (Å²) in [6, 6.07) is 0. The first-order valence-corrected chi connectivity index (χ1v) is 25.4. The summed E-state index contributed by atoms with van der Waals surface area (Å²) in [6.07, 6.45) is 61.7. The van der Waals surface area contributed by atoms with Crippen LogP contribution in [0.25, 0.3) is 0 Å². The van der Waals surface area contributed by atoms with Crippen LogP contribution in [0.5, 0.6) is 0 Å². The summed E-state index contributed by atoms with van der Waals surface area (Å²) in [7, 11) is 0. The predicted molar refractivity (Wildman–Crippen MR) is 261 cm³/mol. The normalized spacial score (nSPS) is 12.6. The molecule has 0 aromatic carbocycles. The van der Waals surface area contributed by atoms with Gasteiger partial charge in [-0.3, -0.25) is 14.4 Å². The van der Waals surface area contributed by atoms with Crippen LogP contribution in [0.15, 0.2) is 72.9 Å². The molecule has 1 atom stereocenters. The molecule has 350 valence electrons. The van der Waals surface area contributed by atoms with Crippen molar-refractivity contribution in [2.75, 3.05) is 13.2 Å². The largest absolute Gasteiger partial charge is 0.462 e. The number of carbonyl (C=O) groups excluding carboxylic acids is 3. The van der Waals surface area contributed by atoms with E-state index in [0.29, 0.717) is 19.3 Å². The Kier molecular flexibility index (Phi) is 46.9. The molecule has 0 aliphatic rings. The van der Waals surface area contributed by atoms with Gasteiger partial charge in [0.05, 0.1) is 0 Å². The van der Waals surface area contributed by atoms with Gasteiger partial charge in [-0.15, -0.1) is 0 Å². The summed E-state index contributed by atoms with van der Waals surface area (Å²) in [5.74, 6) is -0.976. The summed E-state index contributed by atoms with van der Waals surface area (Å²) < 4.78 is 16.7. The van der Waals surface area contributed by atoms with E-state index >= 15 is 0 Å². The van der Waals surface area contributed by atoms with Crippen LogP contribution in [0.1, 0.15) is 239 Å². The first-order chi connectivity index (χ1) is 30.0. The third kappa shape index (κ3) is 47.7. The Morgan fingerprint density at radius 2 is 0.607 bits per heavy atom. The lowest BCUT2D eigenvalue weighted by Gasteiger charge is -2.18. The van der Waals surface area contributed by atoms with E-state index in [1.807, 2.05) is 0 Å². The molecule has 0 rings (SSSR count). The maximum atomic E-state index is 12.8. The van der Waals surface area contributed by atoms with Crippen molar-refractivity contribution >= 4 is 17.9 Å². The molecule has 0 aromatic heterocycles. The summed E-state index contributed by atoms with van der Waals surface area (Å²) in [5.41, 5.74) is 0. The summed E-state index contributed by atoms with van der Waals surface area (Å²) in [5, 5.41) is 0. The Labute approximate surface area is 376 Å². The number of hydrogen-bond acceptors (Lipinski definition) is 6. The van der Waals surface area contributed by atoms with Gasteiger partial charge in [0.2, 0.25) is 0 Å². The highest BCUT2D eigenvalue weighted by Gasteiger charge is 2.19. The van der Waals surface area contributed by atoms with Crippen molar-refractivity contribution in [1.82, 2.24) is 0 Å². The van der Waals surface area contributed by atoms with Crippen molar-refractivity contribution in [2.24, 2.45) is 0 Å². The number of unbranched alkanes of at least 4 members (excludes halogenated alkanes) is 22. The zero-order chi connectivity index (χ0) is 44.4. The molecule has 0 heterocycles.